The van der Waals surface area contributed by atoms with Crippen molar-refractivity contribution in [2.24, 2.45) is 5.41 Å². The maximum atomic E-state index is 12.1. The van der Waals surface area contributed by atoms with Gasteiger partial charge in [-0.1, -0.05) is 32.4 Å². The molecule has 106 valence electrons. The predicted molar refractivity (Wildman–Crippen MR) is 90.2 cm³/mol. The van der Waals surface area contributed by atoms with Crippen LogP contribution in [0.4, 0.5) is 0 Å². The van der Waals surface area contributed by atoms with Crippen LogP contribution in [0.5, 0.6) is 0 Å². The summed E-state index contributed by atoms with van der Waals surface area (Å²) < 4.78 is 0.876. The summed E-state index contributed by atoms with van der Waals surface area (Å²) in [6.45, 7) is 6.85. The van der Waals surface area contributed by atoms with Crippen molar-refractivity contribution in [3.63, 3.8) is 0 Å². The van der Waals surface area contributed by atoms with Gasteiger partial charge in [0, 0.05) is 15.1 Å². The zero-order chi connectivity index (χ0) is 14.6. The van der Waals surface area contributed by atoms with Crippen molar-refractivity contribution >= 4 is 51.7 Å². The first-order valence-corrected chi connectivity index (χ1v) is 7.96. The van der Waals surface area contributed by atoms with Crippen molar-refractivity contribution < 1.29 is 4.79 Å². The monoisotopic (exact) mass is 413 g/mol. The molecule has 0 saturated heterocycles. The fourth-order valence-electron chi connectivity index (χ4n) is 1.71. The van der Waals surface area contributed by atoms with Crippen LogP contribution >= 0.6 is 45.8 Å². The Bertz CT molecular complexity index is 457. The minimum Gasteiger partial charge on any atom is -0.351 e. The van der Waals surface area contributed by atoms with Gasteiger partial charge in [0.25, 0.3) is 5.91 Å². The number of hydrogen-bond acceptors (Lipinski definition) is 1. The Kier molecular flexibility index (Phi) is 6.40. The molecule has 1 rings (SSSR count). The molecule has 0 aliphatic carbocycles. The summed E-state index contributed by atoms with van der Waals surface area (Å²) in [5.41, 5.74) is 0.745. The molecule has 0 saturated carbocycles. The first kappa shape index (κ1) is 17.1. The van der Waals surface area contributed by atoms with Crippen molar-refractivity contribution in [1.29, 1.82) is 0 Å². The Labute approximate surface area is 138 Å². The van der Waals surface area contributed by atoms with Gasteiger partial charge >= 0.3 is 0 Å². The number of benzene rings is 1. The summed E-state index contributed by atoms with van der Waals surface area (Å²) >= 11 is 14.2. The van der Waals surface area contributed by atoms with E-state index in [-0.39, 0.29) is 16.7 Å². The lowest BCUT2D eigenvalue weighted by Crippen LogP contribution is -2.32. The molecule has 1 N–H and O–H groups in total. The van der Waals surface area contributed by atoms with Gasteiger partial charge in [-0.05, 0) is 52.6 Å². The quantitative estimate of drug-likeness (QED) is 0.561. The Hall–Kier alpha value is -0.000000000000000111. The third kappa shape index (κ3) is 6.32. The summed E-state index contributed by atoms with van der Waals surface area (Å²) in [4.78, 5) is 12.1. The molecular formula is C14H18Cl2INO. The molecule has 1 atom stereocenters. The minimum absolute atomic E-state index is 0.0687. The summed E-state index contributed by atoms with van der Waals surface area (Å²) in [6, 6.07) is 5.26. The molecule has 2 nitrogen and oxygen atoms in total. The number of alkyl halides is 1. The topological polar surface area (TPSA) is 29.1 Å². The van der Waals surface area contributed by atoms with Crippen LogP contribution in [-0.2, 0) is 0 Å². The molecule has 1 unspecified atom stereocenters. The Morgan fingerprint density at radius 1 is 1.42 bits per heavy atom. The molecule has 0 aliphatic heterocycles. The van der Waals surface area contributed by atoms with Crippen molar-refractivity contribution in [2.45, 2.75) is 32.6 Å². The zero-order valence-electron chi connectivity index (χ0n) is 11.3. The Balaban J connectivity index is 2.58. The van der Waals surface area contributed by atoms with Crippen molar-refractivity contribution in [2.75, 3.05) is 6.54 Å². The lowest BCUT2D eigenvalue weighted by Gasteiger charge is -2.22. The van der Waals surface area contributed by atoms with E-state index >= 15 is 0 Å². The molecule has 1 amide bonds. The number of nitrogens with one attached hydrogen (secondary N) is 1. The fourth-order valence-corrected chi connectivity index (χ4v) is 3.00. The maximum absolute atomic E-state index is 12.1. The van der Waals surface area contributed by atoms with Crippen LogP contribution in [0.25, 0.3) is 0 Å². The van der Waals surface area contributed by atoms with Gasteiger partial charge in [0.1, 0.15) is 0 Å². The van der Waals surface area contributed by atoms with E-state index in [0.29, 0.717) is 17.1 Å². The molecule has 5 heteroatoms. The highest BCUT2D eigenvalue weighted by Gasteiger charge is 2.18. The van der Waals surface area contributed by atoms with Crippen LogP contribution in [0.1, 0.15) is 37.6 Å². The first-order valence-electron chi connectivity index (χ1n) is 6.06. The molecule has 19 heavy (non-hydrogen) atoms. The lowest BCUT2D eigenvalue weighted by molar-refractivity contribution is 0.0951. The third-order valence-corrected chi connectivity index (χ3v) is 3.98. The predicted octanol–water partition coefficient (Wildman–Crippen LogP) is 4.72. The summed E-state index contributed by atoms with van der Waals surface area (Å²) in [7, 11) is 0. The number of carbonyl (C=O) groups is 1. The number of hydrogen-bond donors (Lipinski definition) is 1. The van der Waals surface area contributed by atoms with E-state index in [1.165, 1.54) is 0 Å². The van der Waals surface area contributed by atoms with Crippen molar-refractivity contribution in [1.82, 2.24) is 5.32 Å². The van der Waals surface area contributed by atoms with Crippen LogP contribution in [-0.4, -0.2) is 17.8 Å². The lowest BCUT2D eigenvalue weighted by atomic mass is 9.90. The Morgan fingerprint density at radius 2 is 2.05 bits per heavy atom. The van der Waals surface area contributed by atoms with Crippen LogP contribution in [0.3, 0.4) is 0 Å². The van der Waals surface area contributed by atoms with E-state index in [2.05, 4.69) is 48.7 Å². The first-order chi connectivity index (χ1) is 8.69. The van der Waals surface area contributed by atoms with E-state index in [9.17, 15) is 4.79 Å². The molecule has 0 radical (unpaired) electrons. The van der Waals surface area contributed by atoms with Gasteiger partial charge in [-0.3, -0.25) is 4.79 Å². The molecule has 1 aromatic rings. The molecule has 0 fully saturated rings. The Morgan fingerprint density at radius 3 is 2.63 bits per heavy atom. The second-order valence-corrected chi connectivity index (χ2v) is 7.91. The zero-order valence-corrected chi connectivity index (χ0v) is 14.9. The molecule has 1 aromatic carbocycles. The van der Waals surface area contributed by atoms with Gasteiger partial charge in [0.2, 0.25) is 0 Å². The third-order valence-electron chi connectivity index (χ3n) is 2.49. The largest absolute Gasteiger partial charge is 0.351 e. The normalized spacial score (nSPS) is 13.2. The summed E-state index contributed by atoms with van der Waals surface area (Å²) in [6.07, 6.45) is 0.849. The van der Waals surface area contributed by atoms with Gasteiger partial charge in [0.05, 0.1) is 10.9 Å². The maximum Gasteiger partial charge on any atom is 0.252 e. The minimum atomic E-state index is -0.133. The highest BCUT2D eigenvalue weighted by Crippen LogP contribution is 2.23. The summed E-state index contributed by atoms with van der Waals surface area (Å²) in [5, 5.41) is 3.34. The van der Waals surface area contributed by atoms with Gasteiger partial charge < -0.3 is 5.32 Å². The van der Waals surface area contributed by atoms with Crippen molar-refractivity contribution in [3.05, 3.63) is 32.4 Å². The van der Waals surface area contributed by atoms with E-state index in [1.807, 2.05) is 6.07 Å². The standard InChI is InChI=1S/C14H18Cl2INO/c1-14(2,3)7-10(16)8-18-13(19)11-6-9(15)4-5-12(11)17/h4-6,10H,7-8H2,1-3H3,(H,18,19). The molecule has 0 aromatic heterocycles. The SMILES string of the molecule is CC(C)(C)CC(Cl)CNC(=O)c1cc(Cl)ccc1I. The smallest absolute Gasteiger partial charge is 0.252 e. The van der Waals surface area contributed by atoms with E-state index in [0.717, 1.165) is 9.99 Å². The van der Waals surface area contributed by atoms with Crippen LogP contribution in [0.2, 0.25) is 5.02 Å². The van der Waals surface area contributed by atoms with E-state index in [1.54, 1.807) is 12.1 Å². The average Bonchev–Trinajstić information content (AvgIpc) is 2.27. The van der Waals surface area contributed by atoms with Gasteiger partial charge in [0.15, 0.2) is 0 Å². The number of amides is 1. The highest BCUT2D eigenvalue weighted by atomic mass is 127. The average molecular weight is 414 g/mol. The molecule has 0 heterocycles. The second kappa shape index (κ2) is 7.14. The van der Waals surface area contributed by atoms with E-state index in [4.69, 9.17) is 23.2 Å². The number of halogens is 3. The van der Waals surface area contributed by atoms with Crippen molar-refractivity contribution in [3.8, 4) is 0 Å². The van der Waals surface area contributed by atoms with Crippen LogP contribution in [0, 0.1) is 8.99 Å². The fraction of sp³-hybridized carbons (Fsp3) is 0.500. The number of rotatable bonds is 4. The second-order valence-electron chi connectivity index (χ2n) is 5.70. The van der Waals surface area contributed by atoms with Gasteiger partial charge in [-0.15, -0.1) is 11.6 Å². The molecular weight excluding hydrogens is 396 g/mol. The van der Waals surface area contributed by atoms with Gasteiger partial charge in [-0.25, -0.2) is 0 Å². The van der Waals surface area contributed by atoms with Crippen LogP contribution in [0.15, 0.2) is 18.2 Å². The number of carbonyl (C=O) groups excluding carboxylic acids is 1. The molecule has 0 bridgehead atoms. The summed E-state index contributed by atoms with van der Waals surface area (Å²) in [5.74, 6) is -0.133. The van der Waals surface area contributed by atoms with E-state index < -0.39 is 0 Å². The highest BCUT2D eigenvalue weighted by molar-refractivity contribution is 14.1. The molecule has 0 spiro atoms. The van der Waals surface area contributed by atoms with Gasteiger partial charge in [-0.2, -0.15) is 0 Å². The molecule has 0 aliphatic rings. The van der Waals surface area contributed by atoms with Crippen LogP contribution < -0.4 is 5.32 Å².